The van der Waals surface area contributed by atoms with Gasteiger partial charge in [0.1, 0.15) is 12.6 Å². The second-order valence-corrected chi connectivity index (χ2v) is 17.3. The summed E-state index contributed by atoms with van der Waals surface area (Å²) >= 11 is 0. The Kier molecular flexibility index (Phi) is 42.7. The van der Waals surface area contributed by atoms with Gasteiger partial charge in [-0.15, -0.1) is 0 Å². The third kappa shape index (κ3) is 43.3. The lowest BCUT2D eigenvalue weighted by molar-refractivity contribution is -0.889. The minimum absolute atomic E-state index is 0.0205. The maximum absolute atomic E-state index is 12.8. The number of nitrogens with zero attached hydrogens (tertiary/aromatic N) is 1. The maximum atomic E-state index is 12.8. The fourth-order valence-corrected chi connectivity index (χ4v) is 6.62. The zero-order valence-corrected chi connectivity index (χ0v) is 41.2. The van der Waals surface area contributed by atoms with E-state index in [9.17, 15) is 19.5 Å². The van der Waals surface area contributed by atoms with Crippen LogP contribution in [0.2, 0.25) is 0 Å². The van der Waals surface area contributed by atoms with E-state index in [0.717, 1.165) is 122 Å². The van der Waals surface area contributed by atoms with Gasteiger partial charge in [0.25, 0.3) is 0 Å². The number of hydrogen-bond acceptors (Lipinski definition) is 7. The number of rotatable bonds is 43. The van der Waals surface area contributed by atoms with E-state index in [0.29, 0.717) is 12.8 Å². The largest absolute Gasteiger partial charge is 0.544 e. The average Bonchev–Trinajstić information content (AvgIpc) is 3.26. The fraction of sp³-hybridized carbons (Fsp3) is 0.625. The molecular weight excluding hydrogens is 799 g/mol. The van der Waals surface area contributed by atoms with Crippen LogP contribution >= 0.6 is 0 Å². The molecule has 0 fully saturated rings. The van der Waals surface area contributed by atoms with Gasteiger partial charge >= 0.3 is 11.9 Å². The lowest BCUT2D eigenvalue weighted by Crippen LogP contribution is -2.55. The lowest BCUT2D eigenvalue weighted by Gasteiger charge is -2.34. The van der Waals surface area contributed by atoms with Crippen LogP contribution in [-0.4, -0.2) is 75.5 Å². The van der Waals surface area contributed by atoms with E-state index in [1.807, 2.05) is 0 Å². The normalized spacial score (nSPS) is 13.8. The van der Waals surface area contributed by atoms with Gasteiger partial charge in [-0.2, -0.15) is 0 Å². The molecule has 362 valence electrons. The number of esters is 2. The Morgan fingerprint density at radius 3 is 1.22 bits per heavy atom. The van der Waals surface area contributed by atoms with Crippen LogP contribution in [0.3, 0.4) is 0 Å². The molecule has 0 aliphatic heterocycles. The van der Waals surface area contributed by atoms with E-state index >= 15 is 0 Å². The molecule has 64 heavy (non-hydrogen) atoms. The second kappa shape index (κ2) is 45.6. The third-order valence-corrected chi connectivity index (χ3v) is 10.4. The maximum Gasteiger partial charge on any atom is 0.306 e. The van der Waals surface area contributed by atoms with Crippen molar-refractivity contribution < 1.29 is 38.2 Å². The van der Waals surface area contributed by atoms with Gasteiger partial charge in [-0.1, -0.05) is 168 Å². The molecule has 0 aromatic carbocycles. The molecule has 0 aromatic heterocycles. The highest BCUT2D eigenvalue weighted by atomic mass is 16.6. The standard InChI is InChI=1S/C56H91NO7/c1-6-8-10-12-14-16-18-20-22-24-26-28-30-32-34-36-38-40-42-44-46-54(58)63-51-52(50-62-49-48-53(56(60)61)57(3,4)5)64-55(59)47-45-43-41-39-37-35-33-31-29-27-25-23-21-19-17-15-13-11-9-7-2/h8-11,14-17,20-23,26-29,32,34,52-53H,6-7,12-13,18-19,24-25,30-31,33,35-51H2,1-5H3/b10-8+,11-9+,16-14+,17-15+,22-20+,23-21+,28-26+,29-27+,34-32+. The number of unbranched alkanes of at least 4 members (excludes halogenated alkanes) is 11. The van der Waals surface area contributed by atoms with Crippen LogP contribution < -0.4 is 5.11 Å². The third-order valence-electron chi connectivity index (χ3n) is 10.4. The van der Waals surface area contributed by atoms with Crippen LogP contribution in [0, 0.1) is 0 Å². The van der Waals surface area contributed by atoms with Crippen LogP contribution in [0.25, 0.3) is 0 Å². The number of hydrogen-bond donors (Lipinski definition) is 0. The summed E-state index contributed by atoms with van der Waals surface area (Å²) in [7, 11) is 5.39. The van der Waals surface area contributed by atoms with E-state index in [1.54, 1.807) is 21.1 Å². The van der Waals surface area contributed by atoms with Crippen molar-refractivity contribution in [2.45, 2.75) is 187 Å². The molecule has 0 saturated heterocycles. The molecule has 2 unspecified atom stereocenters. The van der Waals surface area contributed by atoms with Crippen LogP contribution in [0.4, 0.5) is 0 Å². The number of allylic oxidation sites excluding steroid dienone is 18. The highest BCUT2D eigenvalue weighted by Crippen LogP contribution is 2.13. The van der Waals surface area contributed by atoms with Crippen LogP contribution in [0.15, 0.2) is 109 Å². The van der Waals surface area contributed by atoms with Crippen molar-refractivity contribution in [1.82, 2.24) is 0 Å². The van der Waals surface area contributed by atoms with E-state index in [4.69, 9.17) is 14.2 Å². The van der Waals surface area contributed by atoms with Gasteiger partial charge in [0.2, 0.25) is 0 Å². The Labute approximate surface area is 391 Å². The van der Waals surface area contributed by atoms with Crippen molar-refractivity contribution in [2.24, 2.45) is 0 Å². The molecule has 0 amide bonds. The topological polar surface area (TPSA) is 102 Å². The minimum atomic E-state index is -1.14. The first-order valence-corrected chi connectivity index (χ1v) is 24.9. The molecular formula is C56H91NO7. The summed E-state index contributed by atoms with van der Waals surface area (Å²) in [6.45, 7) is 4.38. The highest BCUT2D eigenvalue weighted by Gasteiger charge is 2.25. The first-order chi connectivity index (χ1) is 31.1. The molecule has 0 bridgehead atoms. The van der Waals surface area contributed by atoms with Gasteiger partial charge in [0.05, 0.1) is 40.3 Å². The lowest BCUT2D eigenvalue weighted by atomic mass is 10.1. The summed E-state index contributed by atoms with van der Waals surface area (Å²) in [5, 5.41) is 11.7. The molecule has 8 heteroatoms. The van der Waals surface area contributed by atoms with E-state index in [2.05, 4.69) is 123 Å². The monoisotopic (exact) mass is 890 g/mol. The number of likely N-dealkylation sites (N-methyl/N-ethyl adjacent to an activating group) is 1. The summed E-state index contributed by atoms with van der Waals surface area (Å²) in [4.78, 5) is 37.0. The van der Waals surface area contributed by atoms with E-state index in [1.165, 1.54) is 19.3 Å². The second-order valence-electron chi connectivity index (χ2n) is 17.3. The van der Waals surface area contributed by atoms with Crippen molar-refractivity contribution in [2.75, 3.05) is 41.0 Å². The summed E-state index contributed by atoms with van der Waals surface area (Å²) in [6, 6.07) is -0.739. The van der Waals surface area contributed by atoms with Crippen molar-refractivity contribution in [3.05, 3.63) is 109 Å². The molecule has 0 spiro atoms. The van der Waals surface area contributed by atoms with Crippen LogP contribution in [0.1, 0.15) is 174 Å². The zero-order valence-electron chi connectivity index (χ0n) is 41.2. The fourth-order valence-electron chi connectivity index (χ4n) is 6.62. The first kappa shape index (κ1) is 60.0. The number of quaternary nitrogens is 1. The molecule has 2 atom stereocenters. The molecule has 0 aliphatic carbocycles. The molecule has 0 heterocycles. The summed E-state index contributed by atoms with van der Waals surface area (Å²) in [5.41, 5.74) is 0. The van der Waals surface area contributed by atoms with Crippen LogP contribution in [0.5, 0.6) is 0 Å². The summed E-state index contributed by atoms with van der Waals surface area (Å²) < 4.78 is 17.2. The minimum Gasteiger partial charge on any atom is -0.544 e. The molecule has 0 aromatic rings. The average molecular weight is 890 g/mol. The number of ether oxygens (including phenoxy) is 3. The Hall–Kier alpha value is -4.01. The Morgan fingerprint density at radius 2 is 0.828 bits per heavy atom. The smallest absolute Gasteiger partial charge is 0.306 e. The summed E-state index contributed by atoms with van der Waals surface area (Å²) in [6.07, 6.45) is 62.5. The summed E-state index contributed by atoms with van der Waals surface area (Å²) in [5.74, 6) is -1.79. The predicted octanol–water partition coefficient (Wildman–Crippen LogP) is 13.1. The van der Waals surface area contributed by atoms with Gasteiger partial charge < -0.3 is 28.6 Å². The van der Waals surface area contributed by atoms with Gasteiger partial charge in [-0.3, -0.25) is 9.59 Å². The first-order valence-electron chi connectivity index (χ1n) is 24.9. The van der Waals surface area contributed by atoms with E-state index in [-0.39, 0.29) is 42.7 Å². The van der Waals surface area contributed by atoms with Gasteiger partial charge in [0, 0.05) is 19.3 Å². The Balaban J connectivity index is 4.37. The van der Waals surface area contributed by atoms with Crippen molar-refractivity contribution in [1.29, 1.82) is 0 Å². The number of carbonyl (C=O) groups is 3. The van der Waals surface area contributed by atoms with Crippen molar-refractivity contribution in [3.8, 4) is 0 Å². The van der Waals surface area contributed by atoms with Gasteiger partial charge in [0.15, 0.2) is 6.10 Å². The van der Waals surface area contributed by atoms with Gasteiger partial charge in [-0.05, 0) is 96.3 Å². The number of aliphatic carboxylic acids is 1. The number of carbonyl (C=O) groups excluding carboxylic acids is 3. The highest BCUT2D eigenvalue weighted by molar-refractivity contribution is 5.70. The predicted molar refractivity (Wildman–Crippen MR) is 268 cm³/mol. The van der Waals surface area contributed by atoms with Crippen LogP contribution in [-0.2, 0) is 28.6 Å². The van der Waals surface area contributed by atoms with Crippen molar-refractivity contribution in [3.63, 3.8) is 0 Å². The number of carboxylic acids is 1. The Bertz CT molecular complexity index is 1410. The zero-order chi connectivity index (χ0) is 47.0. The molecule has 0 saturated carbocycles. The molecule has 0 aliphatic rings. The molecule has 0 rings (SSSR count). The molecule has 0 radical (unpaired) electrons. The van der Waals surface area contributed by atoms with Gasteiger partial charge in [-0.25, -0.2) is 0 Å². The number of carboxylic acid groups (broad SMARTS) is 1. The molecule has 8 nitrogen and oxygen atoms in total. The molecule has 0 N–H and O–H groups in total. The SMILES string of the molecule is CC/C=C/C/C=C/C/C=C/C/C=C/C/C=C/CCCCCCC(=O)OCC(COCCC(C(=O)[O-])[N+](C)(C)C)OC(=O)CCCCCCCCC/C=C/C/C=C/C/C=C/C/C=C/CC. The van der Waals surface area contributed by atoms with E-state index < -0.39 is 18.1 Å². The Morgan fingerprint density at radius 1 is 0.469 bits per heavy atom. The van der Waals surface area contributed by atoms with Crippen molar-refractivity contribution >= 4 is 17.9 Å². The quantitative estimate of drug-likeness (QED) is 0.0260.